The smallest absolute Gasteiger partial charge is 0.124 e. The third-order valence-electron chi connectivity index (χ3n) is 6.35. The standard InChI is InChI=1S/C24H43O3PS/c1-7-11-17-28(18-12-8-2,19-13-9-3)23(14-10-4)22-16-15-20(5)24(21(22)6)29(25,26)27/h15-16,23H,7-14,17-19H2,1-6H3. The second-order valence-corrected chi connectivity index (χ2v) is 14.4. The highest BCUT2D eigenvalue weighted by Crippen LogP contribution is 2.72. The summed E-state index contributed by atoms with van der Waals surface area (Å²) in [7, 11) is -5.77. The highest BCUT2D eigenvalue weighted by atomic mass is 32.2. The Morgan fingerprint density at radius 3 is 1.72 bits per heavy atom. The number of hydrogen-bond acceptors (Lipinski definition) is 3. The van der Waals surface area contributed by atoms with Crippen LogP contribution in [0.25, 0.3) is 0 Å². The van der Waals surface area contributed by atoms with Crippen molar-refractivity contribution in [2.45, 2.75) is 103 Å². The van der Waals surface area contributed by atoms with E-state index in [4.69, 9.17) is 0 Å². The first kappa shape index (κ1) is 26.6. The lowest BCUT2D eigenvalue weighted by atomic mass is 10.00. The molecule has 0 amide bonds. The molecule has 1 atom stereocenters. The van der Waals surface area contributed by atoms with E-state index in [2.05, 4.69) is 33.8 Å². The second-order valence-electron chi connectivity index (χ2n) is 8.63. The van der Waals surface area contributed by atoms with Crippen LogP contribution in [-0.4, -0.2) is 31.5 Å². The number of benzene rings is 1. The molecule has 29 heavy (non-hydrogen) atoms. The Bertz CT molecular complexity index is 706. The summed E-state index contributed by atoms with van der Waals surface area (Å²) in [5, 5.41) is 0. The summed E-state index contributed by atoms with van der Waals surface area (Å²) in [5.41, 5.74) is 2.85. The van der Waals surface area contributed by atoms with Gasteiger partial charge >= 0.3 is 0 Å². The number of unbranched alkanes of at least 4 members (excludes halogenated alkanes) is 3. The molecule has 0 aliphatic heterocycles. The largest absolute Gasteiger partial charge is 0.744 e. The van der Waals surface area contributed by atoms with E-state index in [1.165, 1.54) is 57.0 Å². The second kappa shape index (κ2) is 12.4. The van der Waals surface area contributed by atoms with Crippen LogP contribution in [0.2, 0.25) is 0 Å². The van der Waals surface area contributed by atoms with E-state index in [0.29, 0.717) is 16.8 Å². The predicted molar refractivity (Wildman–Crippen MR) is 128 cm³/mol. The fourth-order valence-corrected chi connectivity index (χ4v) is 11.9. The molecule has 0 spiro atoms. The third-order valence-corrected chi connectivity index (χ3v) is 13.0. The van der Waals surface area contributed by atoms with E-state index in [-0.39, 0.29) is 4.90 Å². The average Bonchev–Trinajstić information content (AvgIpc) is 2.66. The summed E-state index contributed by atoms with van der Waals surface area (Å²) in [6.07, 6.45) is 13.4. The van der Waals surface area contributed by atoms with Crippen molar-refractivity contribution in [2.75, 3.05) is 18.5 Å². The molecule has 0 heterocycles. The molecule has 1 unspecified atom stereocenters. The number of rotatable bonds is 14. The zero-order valence-corrected chi connectivity index (χ0v) is 21.3. The molecule has 0 radical (unpaired) electrons. The summed E-state index contributed by atoms with van der Waals surface area (Å²) < 4.78 is 36.1. The maximum Gasteiger partial charge on any atom is 0.124 e. The zero-order chi connectivity index (χ0) is 22.1. The minimum Gasteiger partial charge on any atom is -0.744 e. The highest BCUT2D eigenvalue weighted by molar-refractivity contribution is 7.85. The van der Waals surface area contributed by atoms with Gasteiger partial charge in [0.2, 0.25) is 0 Å². The monoisotopic (exact) mass is 442 g/mol. The van der Waals surface area contributed by atoms with Crippen molar-refractivity contribution in [1.82, 2.24) is 0 Å². The van der Waals surface area contributed by atoms with E-state index in [1.54, 1.807) is 6.92 Å². The minimum atomic E-state index is -4.47. The number of aryl methyl sites for hydroxylation is 1. The molecule has 0 fully saturated rings. The van der Waals surface area contributed by atoms with Crippen LogP contribution in [0.4, 0.5) is 0 Å². The lowest BCUT2D eigenvalue weighted by molar-refractivity contribution is 0.461. The van der Waals surface area contributed by atoms with Gasteiger partial charge in [0.15, 0.2) is 0 Å². The van der Waals surface area contributed by atoms with Gasteiger partial charge in [-0.1, -0.05) is 65.5 Å². The predicted octanol–water partition coefficient (Wildman–Crippen LogP) is 7.47. The van der Waals surface area contributed by atoms with Crippen LogP contribution in [0.15, 0.2) is 17.0 Å². The molecule has 1 rings (SSSR count). The summed E-state index contributed by atoms with van der Waals surface area (Å²) in [5.74, 6) is 0. The average molecular weight is 443 g/mol. The van der Waals surface area contributed by atoms with E-state index < -0.39 is 17.4 Å². The van der Waals surface area contributed by atoms with Gasteiger partial charge < -0.3 is 4.55 Å². The molecule has 0 N–H and O–H groups in total. The summed E-state index contributed by atoms with van der Waals surface area (Å²) in [4.78, 5) is 0.0238. The van der Waals surface area contributed by atoms with Crippen LogP contribution < -0.4 is 0 Å². The van der Waals surface area contributed by atoms with Crippen molar-refractivity contribution >= 4 is 17.4 Å². The van der Waals surface area contributed by atoms with Gasteiger partial charge in [-0.25, -0.2) is 8.42 Å². The van der Waals surface area contributed by atoms with Crippen LogP contribution in [0.3, 0.4) is 0 Å². The summed E-state index contributed by atoms with van der Waals surface area (Å²) >= 11 is 0. The molecule has 5 heteroatoms. The Labute approximate surface area is 181 Å². The Hall–Kier alpha value is -0.440. The first-order valence-corrected chi connectivity index (χ1v) is 15.4. The maximum absolute atomic E-state index is 12.0. The molecule has 0 aromatic heterocycles. The normalized spacial score (nSPS) is 13.6. The van der Waals surface area contributed by atoms with Crippen molar-refractivity contribution in [2.24, 2.45) is 0 Å². The van der Waals surface area contributed by atoms with Gasteiger partial charge in [-0.2, -0.15) is 0 Å². The van der Waals surface area contributed by atoms with E-state index in [9.17, 15) is 13.0 Å². The molecular weight excluding hydrogens is 399 g/mol. The number of hydrogen-bond donors (Lipinski definition) is 0. The molecule has 0 bridgehead atoms. The van der Waals surface area contributed by atoms with Gasteiger partial charge in [0.05, 0.1) is 29.0 Å². The molecule has 3 nitrogen and oxygen atoms in total. The molecule has 1 aromatic carbocycles. The first-order chi connectivity index (χ1) is 13.7. The molecule has 0 aliphatic carbocycles. The fraction of sp³-hybridized carbons (Fsp3) is 0.750. The van der Waals surface area contributed by atoms with Gasteiger partial charge in [-0.3, -0.25) is 0 Å². The maximum atomic E-state index is 12.0. The Morgan fingerprint density at radius 1 is 0.862 bits per heavy atom. The van der Waals surface area contributed by atoms with E-state index >= 15 is 0 Å². The first-order valence-electron chi connectivity index (χ1n) is 11.6. The van der Waals surface area contributed by atoms with Crippen molar-refractivity contribution in [3.05, 3.63) is 28.8 Å². The van der Waals surface area contributed by atoms with E-state index in [0.717, 1.165) is 18.4 Å². The van der Waals surface area contributed by atoms with Crippen LogP contribution in [0.5, 0.6) is 0 Å². The Morgan fingerprint density at radius 2 is 1.34 bits per heavy atom. The molecule has 0 saturated carbocycles. The Balaban J connectivity index is 3.66. The zero-order valence-electron chi connectivity index (χ0n) is 19.6. The third kappa shape index (κ3) is 7.04. The lowest BCUT2D eigenvalue weighted by Crippen LogP contribution is -2.19. The van der Waals surface area contributed by atoms with Gasteiger partial charge in [-0.05, 0) is 56.2 Å². The molecule has 1 aromatic rings. The Kier molecular flexibility index (Phi) is 11.4. The minimum absolute atomic E-state index is 0.0238. The van der Waals surface area contributed by atoms with Crippen LogP contribution in [0.1, 0.15) is 101 Å². The van der Waals surface area contributed by atoms with Crippen molar-refractivity contribution in [1.29, 1.82) is 0 Å². The van der Waals surface area contributed by atoms with Crippen LogP contribution in [0, 0.1) is 13.8 Å². The van der Waals surface area contributed by atoms with Gasteiger partial charge in [-0.15, -0.1) is 0 Å². The van der Waals surface area contributed by atoms with Crippen LogP contribution in [-0.2, 0) is 10.1 Å². The van der Waals surface area contributed by atoms with Gasteiger partial charge in [0.1, 0.15) is 10.1 Å². The van der Waals surface area contributed by atoms with Crippen molar-refractivity contribution < 1.29 is 13.0 Å². The van der Waals surface area contributed by atoms with Crippen molar-refractivity contribution in [3.63, 3.8) is 0 Å². The summed E-state index contributed by atoms with van der Waals surface area (Å²) in [6.45, 7) is 12.6. The van der Waals surface area contributed by atoms with Crippen LogP contribution >= 0.6 is 7.26 Å². The lowest BCUT2D eigenvalue weighted by Gasteiger charge is -2.37. The fourth-order valence-electron chi connectivity index (χ4n) is 4.81. The molecule has 0 saturated heterocycles. The summed E-state index contributed by atoms with van der Waals surface area (Å²) in [6, 6.07) is 4.00. The van der Waals surface area contributed by atoms with E-state index in [1.807, 2.05) is 13.0 Å². The molecule has 168 valence electrons. The highest BCUT2D eigenvalue weighted by Gasteiger charge is 2.45. The topological polar surface area (TPSA) is 57.2 Å². The van der Waals surface area contributed by atoms with Crippen molar-refractivity contribution in [3.8, 4) is 0 Å². The SMILES string of the molecule is CCCC[P+](CCCC)(CCCC)C(CCC)c1ccc(C)c(S(=O)(=O)[O-])c1C. The quantitative estimate of drug-likeness (QED) is 0.222. The molecular formula is C24H43O3PS. The van der Waals surface area contributed by atoms with Gasteiger partial charge in [0, 0.05) is 7.26 Å². The van der Waals surface area contributed by atoms with Gasteiger partial charge in [0.25, 0.3) is 0 Å². The molecule has 0 aliphatic rings.